The van der Waals surface area contributed by atoms with Crippen molar-refractivity contribution in [2.75, 3.05) is 26.6 Å². The van der Waals surface area contributed by atoms with Gasteiger partial charge in [0.1, 0.15) is 17.4 Å². The number of ether oxygens (including phenoxy) is 2. The van der Waals surface area contributed by atoms with Crippen molar-refractivity contribution in [3.8, 4) is 11.5 Å². The summed E-state index contributed by atoms with van der Waals surface area (Å²) in [6, 6.07) is 3.77. The van der Waals surface area contributed by atoms with Crippen LogP contribution in [0.3, 0.4) is 0 Å². The van der Waals surface area contributed by atoms with Gasteiger partial charge >= 0.3 is 0 Å². The van der Waals surface area contributed by atoms with E-state index in [4.69, 9.17) is 21.1 Å². The molecule has 1 amide bonds. The van der Waals surface area contributed by atoms with Crippen molar-refractivity contribution in [1.82, 2.24) is 4.90 Å². The van der Waals surface area contributed by atoms with Crippen molar-refractivity contribution >= 4 is 17.5 Å². The minimum Gasteiger partial charge on any atom is -0.496 e. The van der Waals surface area contributed by atoms with Crippen LogP contribution in [-0.2, 0) is 17.8 Å². The van der Waals surface area contributed by atoms with Gasteiger partial charge in [-0.05, 0) is 18.6 Å². The summed E-state index contributed by atoms with van der Waals surface area (Å²) in [6.45, 7) is 1.20. The van der Waals surface area contributed by atoms with Crippen LogP contribution < -0.4 is 9.47 Å². The summed E-state index contributed by atoms with van der Waals surface area (Å²) in [6.07, 6.45) is 0.762. The van der Waals surface area contributed by atoms with E-state index in [2.05, 4.69) is 0 Å². The number of carbonyl (C=O) groups excluding carboxylic acids is 1. The van der Waals surface area contributed by atoms with Crippen molar-refractivity contribution in [2.24, 2.45) is 0 Å². The van der Waals surface area contributed by atoms with Crippen LogP contribution in [0.25, 0.3) is 0 Å². The Balaban J connectivity index is 2.37. The van der Waals surface area contributed by atoms with Gasteiger partial charge in [-0.25, -0.2) is 0 Å². The first-order valence-electron chi connectivity index (χ1n) is 5.77. The smallest absolute Gasteiger partial charge is 0.237 e. The number of benzene rings is 1. The number of halogens is 1. The fourth-order valence-corrected chi connectivity index (χ4v) is 2.46. The first kappa shape index (κ1) is 13.0. The van der Waals surface area contributed by atoms with E-state index in [0.717, 1.165) is 29.0 Å². The minimum absolute atomic E-state index is 0.0155. The molecule has 5 heteroatoms. The third-order valence-corrected chi connectivity index (χ3v) is 3.46. The number of amides is 1. The Morgan fingerprint density at radius 3 is 2.44 bits per heavy atom. The molecule has 0 saturated heterocycles. The van der Waals surface area contributed by atoms with Crippen molar-refractivity contribution in [1.29, 1.82) is 0 Å². The van der Waals surface area contributed by atoms with Gasteiger partial charge in [0, 0.05) is 24.2 Å². The predicted octanol–water partition coefficient (Wildman–Crippen LogP) is 1.83. The lowest BCUT2D eigenvalue weighted by Gasteiger charge is -2.30. The average Bonchev–Trinajstić information content (AvgIpc) is 2.44. The molecular weight excluding hydrogens is 254 g/mol. The zero-order valence-electron chi connectivity index (χ0n) is 10.5. The van der Waals surface area contributed by atoms with Gasteiger partial charge in [-0.2, -0.15) is 0 Å². The van der Waals surface area contributed by atoms with Crippen molar-refractivity contribution < 1.29 is 14.3 Å². The number of hydrogen-bond acceptors (Lipinski definition) is 3. The first-order valence-corrected chi connectivity index (χ1v) is 6.31. The molecule has 0 atom stereocenters. The molecule has 2 rings (SSSR count). The second-order valence-electron chi connectivity index (χ2n) is 4.13. The molecule has 0 unspecified atom stereocenters. The molecule has 1 heterocycles. The molecule has 98 valence electrons. The topological polar surface area (TPSA) is 38.8 Å². The minimum atomic E-state index is -0.0489. The van der Waals surface area contributed by atoms with Crippen LogP contribution in [0.1, 0.15) is 11.1 Å². The Morgan fingerprint density at radius 1 is 1.28 bits per heavy atom. The standard InChI is InChI=1S/C13H16ClNO3/c1-17-11-3-4-12(18-2)10-8-15(13(16)7-14)6-5-9(10)11/h3-4H,5-8H2,1-2H3. The molecule has 0 radical (unpaired) electrons. The summed E-state index contributed by atoms with van der Waals surface area (Å²) in [7, 11) is 3.28. The largest absolute Gasteiger partial charge is 0.496 e. The van der Waals surface area contributed by atoms with Crippen LogP contribution in [0, 0.1) is 0 Å². The number of carbonyl (C=O) groups is 1. The van der Waals surface area contributed by atoms with E-state index >= 15 is 0 Å². The van der Waals surface area contributed by atoms with Gasteiger partial charge in [-0.3, -0.25) is 4.79 Å². The number of nitrogens with zero attached hydrogens (tertiary/aromatic N) is 1. The second-order valence-corrected chi connectivity index (χ2v) is 4.39. The van der Waals surface area contributed by atoms with Crippen LogP contribution in [0.2, 0.25) is 0 Å². The van der Waals surface area contributed by atoms with Crippen LogP contribution >= 0.6 is 11.6 Å². The lowest BCUT2D eigenvalue weighted by molar-refractivity contribution is -0.129. The third-order valence-electron chi connectivity index (χ3n) is 3.23. The van der Waals surface area contributed by atoms with E-state index in [-0.39, 0.29) is 11.8 Å². The number of rotatable bonds is 3. The SMILES string of the molecule is COc1ccc(OC)c2c1CCN(C(=O)CCl)C2. The molecule has 18 heavy (non-hydrogen) atoms. The van der Waals surface area contributed by atoms with Gasteiger partial charge in [-0.1, -0.05) is 0 Å². The third kappa shape index (κ3) is 2.25. The van der Waals surface area contributed by atoms with Crippen LogP contribution in [0.4, 0.5) is 0 Å². The first-order chi connectivity index (χ1) is 8.71. The quantitative estimate of drug-likeness (QED) is 0.786. The van der Waals surface area contributed by atoms with Gasteiger partial charge in [0.15, 0.2) is 0 Å². The molecule has 1 aliphatic rings. The van der Waals surface area contributed by atoms with E-state index in [9.17, 15) is 4.79 Å². The van der Waals surface area contributed by atoms with E-state index < -0.39 is 0 Å². The van der Waals surface area contributed by atoms with E-state index in [0.29, 0.717) is 13.1 Å². The summed E-state index contributed by atoms with van der Waals surface area (Å²) in [4.78, 5) is 13.4. The molecular formula is C13H16ClNO3. The highest BCUT2D eigenvalue weighted by Gasteiger charge is 2.25. The zero-order valence-corrected chi connectivity index (χ0v) is 11.3. The lowest BCUT2D eigenvalue weighted by atomic mass is 9.97. The zero-order chi connectivity index (χ0) is 13.1. The molecule has 0 saturated carbocycles. The molecule has 1 aromatic rings. The number of methoxy groups -OCH3 is 2. The highest BCUT2D eigenvalue weighted by atomic mass is 35.5. The summed E-state index contributed by atoms with van der Waals surface area (Å²) < 4.78 is 10.7. The molecule has 0 bridgehead atoms. The number of alkyl halides is 1. The van der Waals surface area contributed by atoms with E-state index in [1.807, 2.05) is 12.1 Å². The van der Waals surface area contributed by atoms with Crippen LogP contribution in [0.15, 0.2) is 12.1 Å². The summed E-state index contributed by atoms with van der Waals surface area (Å²) >= 11 is 5.60. The maximum absolute atomic E-state index is 11.7. The Bertz CT molecular complexity index is 462. The molecule has 1 aromatic carbocycles. The van der Waals surface area contributed by atoms with Crippen molar-refractivity contribution in [2.45, 2.75) is 13.0 Å². The monoisotopic (exact) mass is 269 g/mol. The molecule has 1 aliphatic heterocycles. The maximum Gasteiger partial charge on any atom is 0.237 e. The average molecular weight is 270 g/mol. The van der Waals surface area contributed by atoms with Gasteiger partial charge in [-0.15, -0.1) is 11.6 Å². The Kier molecular flexibility index (Phi) is 3.97. The van der Waals surface area contributed by atoms with Crippen LogP contribution in [-0.4, -0.2) is 37.5 Å². The Morgan fingerprint density at radius 2 is 1.89 bits per heavy atom. The van der Waals surface area contributed by atoms with Gasteiger partial charge in [0.2, 0.25) is 5.91 Å². The van der Waals surface area contributed by atoms with Gasteiger partial charge in [0.25, 0.3) is 0 Å². The molecule has 0 fully saturated rings. The summed E-state index contributed by atoms with van der Waals surface area (Å²) in [5.41, 5.74) is 2.14. The van der Waals surface area contributed by atoms with Crippen LogP contribution in [0.5, 0.6) is 11.5 Å². The summed E-state index contributed by atoms with van der Waals surface area (Å²) in [5, 5.41) is 0. The van der Waals surface area contributed by atoms with Crippen molar-refractivity contribution in [3.05, 3.63) is 23.3 Å². The highest BCUT2D eigenvalue weighted by Crippen LogP contribution is 2.34. The number of fused-ring (bicyclic) bond motifs is 1. The molecule has 4 nitrogen and oxygen atoms in total. The van der Waals surface area contributed by atoms with Gasteiger partial charge < -0.3 is 14.4 Å². The molecule has 0 N–H and O–H groups in total. The summed E-state index contributed by atoms with van der Waals surface area (Å²) in [5.74, 6) is 1.61. The van der Waals surface area contributed by atoms with E-state index in [1.165, 1.54) is 0 Å². The fraction of sp³-hybridized carbons (Fsp3) is 0.462. The van der Waals surface area contributed by atoms with Gasteiger partial charge in [0.05, 0.1) is 14.2 Å². The Labute approximate surface area is 111 Å². The molecule has 0 spiro atoms. The lowest BCUT2D eigenvalue weighted by Crippen LogP contribution is -2.37. The van der Waals surface area contributed by atoms with Crippen molar-refractivity contribution in [3.63, 3.8) is 0 Å². The Hall–Kier alpha value is -1.42. The maximum atomic E-state index is 11.7. The highest BCUT2D eigenvalue weighted by molar-refractivity contribution is 6.27. The second kappa shape index (κ2) is 5.48. The predicted molar refractivity (Wildman–Crippen MR) is 69.4 cm³/mol. The fourth-order valence-electron chi connectivity index (χ4n) is 2.29. The van der Waals surface area contributed by atoms with E-state index in [1.54, 1.807) is 19.1 Å². The normalized spacial score (nSPS) is 14.1. The molecule has 0 aliphatic carbocycles. The molecule has 0 aromatic heterocycles. The number of hydrogen-bond donors (Lipinski definition) is 0.